The second-order valence-electron chi connectivity index (χ2n) is 11.5. The Hall–Kier alpha value is -4.27. The number of nitrogens with two attached hydrogens (primary N) is 1. The van der Waals surface area contributed by atoms with Gasteiger partial charge in [-0.05, 0) is 45.4 Å². The van der Waals surface area contributed by atoms with E-state index >= 15 is 0 Å². The van der Waals surface area contributed by atoms with E-state index in [0.29, 0.717) is 0 Å². The number of likely N-dealkylation sites (N-methyl/N-ethyl adjacent to an activating group) is 2. The molecule has 7 atom stereocenters. The lowest BCUT2D eigenvalue weighted by molar-refractivity contribution is -0.201. The number of Topliss-reactive ketones (excluding diaryl/α,β-unsaturated/α-hetero) is 4. The van der Waals surface area contributed by atoms with Crippen LogP contribution >= 0.6 is 0 Å². The summed E-state index contributed by atoms with van der Waals surface area (Å²) >= 11 is 0. The molecule has 0 saturated heterocycles. The number of esters is 1. The van der Waals surface area contributed by atoms with Crippen LogP contribution in [0.5, 0.6) is 5.75 Å². The van der Waals surface area contributed by atoms with Gasteiger partial charge in [0.15, 0.2) is 40.4 Å². The molecule has 2 amide bonds. The fourth-order valence-electron chi connectivity index (χ4n) is 6.54. The van der Waals surface area contributed by atoms with Crippen LogP contribution in [0.4, 0.5) is 5.69 Å². The van der Waals surface area contributed by atoms with Crippen molar-refractivity contribution in [2.45, 2.75) is 31.1 Å². The number of amides is 2. The number of hydrogen-bond acceptors (Lipinski definition) is 12. The van der Waals surface area contributed by atoms with E-state index in [-0.39, 0.29) is 29.8 Å². The number of aromatic hydroxyl groups is 1. The van der Waals surface area contributed by atoms with Gasteiger partial charge in [0.25, 0.3) is 0 Å². The Labute approximate surface area is 246 Å². The van der Waals surface area contributed by atoms with Gasteiger partial charge >= 0.3 is 5.97 Å². The molecule has 14 heteroatoms. The summed E-state index contributed by atoms with van der Waals surface area (Å²) in [5.41, 5.74) is 1.81. The third-order valence-electron chi connectivity index (χ3n) is 8.35. The zero-order valence-electron chi connectivity index (χ0n) is 24.4. The molecule has 1 aromatic rings. The van der Waals surface area contributed by atoms with Crippen molar-refractivity contribution >= 4 is 52.2 Å². The first kappa shape index (κ1) is 31.7. The summed E-state index contributed by atoms with van der Waals surface area (Å²) in [5, 5.41) is 25.6. The number of anilines is 1. The second-order valence-corrected chi connectivity index (χ2v) is 11.5. The molecule has 0 aromatic heterocycles. The normalized spacial score (nSPS) is 30.1. The highest BCUT2D eigenvalue weighted by Crippen LogP contribution is 2.55. The number of ketones is 4. The van der Waals surface area contributed by atoms with Crippen LogP contribution in [0.3, 0.4) is 0 Å². The smallest absolute Gasteiger partial charge is 0.305 e. The van der Waals surface area contributed by atoms with Crippen molar-refractivity contribution in [1.82, 2.24) is 9.80 Å². The van der Waals surface area contributed by atoms with Crippen molar-refractivity contribution in [3.05, 3.63) is 29.8 Å². The number of nitrogens with one attached hydrogen (secondary N) is 1. The van der Waals surface area contributed by atoms with Gasteiger partial charge in [-0.3, -0.25) is 38.5 Å². The van der Waals surface area contributed by atoms with E-state index in [0.717, 1.165) is 0 Å². The van der Waals surface area contributed by atoms with Crippen LogP contribution < -0.4 is 11.1 Å². The van der Waals surface area contributed by atoms with Crippen molar-refractivity contribution < 1.29 is 48.5 Å². The number of rotatable bonds is 7. The molecule has 14 nitrogen and oxygen atoms in total. The number of hydrogen-bond donors (Lipinski definition) is 4. The molecule has 3 aliphatic carbocycles. The molecule has 4 rings (SSSR count). The van der Waals surface area contributed by atoms with Crippen LogP contribution in [-0.2, 0) is 33.5 Å². The maximum absolute atomic E-state index is 14.2. The van der Waals surface area contributed by atoms with Crippen LogP contribution in [-0.4, -0.2) is 113 Å². The molecule has 5 N–H and O–H groups in total. The molecular weight excluding hydrogens is 564 g/mol. The fourth-order valence-corrected chi connectivity index (χ4v) is 6.54. The van der Waals surface area contributed by atoms with Crippen molar-refractivity contribution in [2.24, 2.45) is 29.4 Å². The van der Waals surface area contributed by atoms with Crippen molar-refractivity contribution in [2.75, 3.05) is 40.1 Å². The van der Waals surface area contributed by atoms with E-state index in [1.54, 1.807) is 19.0 Å². The van der Waals surface area contributed by atoms with E-state index < -0.39 is 93.6 Å². The molecule has 0 aliphatic heterocycles. The minimum atomic E-state index is -3.15. The number of phenolic OH excluding ortho intramolecular Hbond substituents is 1. The number of fused-ring (bicyclic) bond motifs is 3. The predicted molar refractivity (Wildman–Crippen MR) is 149 cm³/mol. The summed E-state index contributed by atoms with van der Waals surface area (Å²) in [4.78, 5) is 95.6. The second kappa shape index (κ2) is 11.1. The maximum Gasteiger partial charge on any atom is 0.305 e. The lowest BCUT2D eigenvalue weighted by Gasteiger charge is -2.55. The number of carbonyl (C=O) groups excluding carboxylic acids is 7. The van der Waals surface area contributed by atoms with E-state index in [1.807, 2.05) is 0 Å². The van der Waals surface area contributed by atoms with Gasteiger partial charge in [0.1, 0.15) is 6.10 Å². The number of benzene rings is 1. The van der Waals surface area contributed by atoms with Gasteiger partial charge in [-0.1, -0.05) is 19.6 Å². The van der Waals surface area contributed by atoms with Crippen LogP contribution in [0.1, 0.15) is 29.3 Å². The van der Waals surface area contributed by atoms with Gasteiger partial charge in [0.05, 0.1) is 35.7 Å². The largest absolute Gasteiger partial charge is 0.505 e. The highest BCUT2D eigenvalue weighted by molar-refractivity contribution is 6.33. The zero-order valence-corrected chi connectivity index (χ0v) is 24.4. The van der Waals surface area contributed by atoms with E-state index in [2.05, 4.69) is 11.9 Å². The average Bonchev–Trinajstić information content (AvgIpc) is 2.90. The Balaban J connectivity index is 1.96. The number of carbonyl (C=O) groups is 7. The minimum Gasteiger partial charge on any atom is -0.505 e. The quantitative estimate of drug-likeness (QED) is 0.165. The fraction of sp³-hybridized carbons (Fsp3) is 0.483. The number of aliphatic hydroxyl groups is 1. The molecule has 0 bridgehead atoms. The molecule has 0 spiro atoms. The third kappa shape index (κ3) is 4.75. The van der Waals surface area contributed by atoms with Gasteiger partial charge < -0.3 is 30.9 Å². The first-order valence-corrected chi connectivity index (χ1v) is 13.5. The topological polar surface area (TPSA) is 214 Å². The van der Waals surface area contributed by atoms with Gasteiger partial charge in [-0.2, -0.15) is 0 Å². The number of primary amides is 1. The van der Waals surface area contributed by atoms with Gasteiger partial charge in [-0.25, -0.2) is 0 Å². The molecule has 43 heavy (non-hydrogen) atoms. The first-order valence-electron chi connectivity index (χ1n) is 13.5. The average molecular weight is 599 g/mol. The lowest BCUT2D eigenvalue weighted by atomic mass is 9.50. The highest BCUT2D eigenvalue weighted by atomic mass is 16.5. The van der Waals surface area contributed by atoms with E-state index in [9.17, 15) is 43.8 Å². The van der Waals surface area contributed by atoms with E-state index in [1.165, 1.54) is 38.1 Å². The van der Waals surface area contributed by atoms with Gasteiger partial charge in [-0.15, -0.1) is 0 Å². The summed E-state index contributed by atoms with van der Waals surface area (Å²) in [7, 11) is 6.12. The van der Waals surface area contributed by atoms with Crippen LogP contribution in [0.2, 0.25) is 0 Å². The molecule has 2 unspecified atom stereocenters. The summed E-state index contributed by atoms with van der Waals surface area (Å²) < 4.78 is 5.71. The molecule has 2 saturated carbocycles. The lowest BCUT2D eigenvalue weighted by Crippen LogP contribution is -2.77. The predicted octanol–water partition coefficient (Wildman–Crippen LogP) is -1.23. The molecular formula is C29H34N4O10. The third-order valence-corrected chi connectivity index (χ3v) is 8.35. The summed E-state index contributed by atoms with van der Waals surface area (Å²) in [6.07, 6.45) is -1.78. The monoisotopic (exact) mass is 598 g/mol. The summed E-state index contributed by atoms with van der Waals surface area (Å²) in [6.45, 7) is 5.46. The first-order chi connectivity index (χ1) is 20.0. The van der Waals surface area contributed by atoms with Crippen molar-refractivity contribution in [3.8, 4) is 5.75 Å². The summed E-state index contributed by atoms with van der Waals surface area (Å²) in [6, 6.07) is 1.22. The molecule has 0 radical (unpaired) electrons. The van der Waals surface area contributed by atoms with Gasteiger partial charge in [0.2, 0.25) is 11.8 Å². The number of ether oxygens (including phenoxy) is 1. The molecule has 3 aliphatic rings. The Morgan fingerprint density at radius 3 is 2.26 bits per heavy atom. The van der Waals surface area contributed by atoms with Crippen molar-refractivity contribution in [1.29, 1.82) is 0 Å². The zero-order chi connectivity index (χ0) is 32.3. The Morgan fingerprint density at radius 1 is 1.09 bits per heavy atom. The van der Waals surface area contributed by atoms with Crippen LogP contribution in [0.25, 0.3) is 5.57 Å². The molecule has 0 heterocycles. The van der Waals surface area contributed by atoms with Crippen molar-refractivity contribution in [3.63, 3.8) is 0 Å². The SMILES string of the molecule is C=C1c2ccc(NC(=O)CN(C)C)c(O)c2C(=O)C2C(=O)[C@@]3(O)C(=O)C(C(N)=O)C(=O)[C@H](N(C)C)[C@H]3[C@H](OC(=O)CC)[C@@H]12. The highest BCUT2D eigenvalue weighted by Gasteiger charge is 2.73. The standard InChI is InChI=1S/C29H34N4O10/c1-7-15(35)43-25-16-11(2)12-8-9-13(31-14(34)10-32(3)4)22(36)17(12)23(37)18(16)26(39)29(42)20(25)21(33(5)6)24(38)19(27(29)40)28(30)41/h8-9,16,18-21,25,36,42H,2,7,10H2,1,3-6H3,(H2,30,41)(H,31,34)/t16-,18?,19?,20-,21+,25+,29+/m0/s1. The Morgan fingerprint density at radius 2 is 1.72 bits per heavy atom. The Kier molecular flexibility index (Phi) is 8.17. The summed E-state index contributed by atoms with van der Waals surface area (Å²) in [5.74, 6) is -15.5. The molecule has 1 aromatic carbocycles. The molecule has 2 fully saturated rings. The van der Waals surface area contributed by atoms with E-state index in [4.69, 9.17) is 10.5 Å². The van der Waals surface area contributed by atoms with Crippen LogP contribution in [0.15, 0.2) is 18.7 Å². The van der Waals surface area contributed by atoms with Crippen LogP contribution in [0, 0.1) is 23.7 Å². The molecule has 230 valence electrons. The Bertz CT molecular complexity index is 1480. The number of phenols is 1. The minimum absolute atomic E-state index is 0.0475. The number of nitrogens with zero attached hydrogens (tertiary/aromatic N) is 2. The maximum atomic E-state index is 14.2. The van der Waals surface area contributed by atoms with Gasteiger partial charge in [0, 0.05) is 12.3 Å².